The number of likely N-dealkylation sites (N-methyl/N-ethyl adjacent to an activating group) is 1. The van der Waals surface area contributed by atoms with Crippen LogP contribution in [0, 0.1) is 5.82 Å². The zero-order valence-electron chi connectivity index (χ0n) is 9.64. The van der Waals surface area contributed by atoms with Gasteiger partial charge < -0.3 is 14.9 Å². The SMILES string of the molecule is CN(CCO)C1COc2ccc(F)cc2C1O. The molecule has 1 aromatic rings. The molecule has 4 nitrogen and oxygen atoms in total. The standard InChI is InChI=1S/C12H16FNO3/c1-14(4-5-15)10-7-17-11-3-2-8(13)6-9(11)12(10)16/h2-3,6,10,12,15-16H,4-5,7H2,1H3. The normalized spacial score (nSPS) is 23.4. The highest BCUT2D eigenvalue weighted by Gasteiger charge is 2.32. The van der Waals surface area contributed by atoms with Gasteiger partial charge >= 0.3 is 0 Å². The van der Waals surface area contributed by atoms with Crippen LogP contribution in [0.4, 0.5) is 4.39 Å². The molecular formula is C12H16FNO3. The molecule has 1 aromatic carbocycles. The van der Waals surface area contributed by atoms with Crippen molar-refractivity contribution in [2.75, 3.05) is 26.8 Å². The van der Waals surface area contributed by atoms with Gasteiger partial charge in [-0.25, -0.2) is 4.39 Å². The maximum atomic E-state index is 13.1. The fourth-order valence-electron chi connectivity index (χ4n) is 2.05. The van der Waals surface area contributed by atoms with Crippen molar-refractivity contribution in [3.05, 3.63) is 29.6 Å². The Hall–Kier alpha value is -1.17. The van der Waals surface area contributed by atoms with Gasteiger partial charge in [0.1, 0.15) is 24.3 Å². The lowest BCUT2D eigenvalue weighted by atomic mass is 9.98. The first-order chi connectivity index (χ1) is 8.13. The molecule has 0 bridgehead atoms. The second-order valence-corrected chi connectivity index (χ2v) is 4.21. The number of aliphatic hydroxyl groups excluding tert-OH is 2. The Kier molecular flexibility index (Phi) is 3.61. The number of fused-ring (bicyclic) bond motifs is 1. The second-order valence-electron chi connectivity index (χ2n) is 4.21. The number of halogens is 1. The van der Waals surface area contributed by atoms with E-state index >= 15 is 0 Å². The molecule has 2 atom stereocenters. The number of rotatable bonds is 3. The number of hydrogen-bond donors (Lipinski definition) is 2. The maximum absolute atomic E-state index is 13.1. The molecule has 17 heavy (non-hydrogen) atoms. The largest absolute Gasteiger partial charge is 0.491 e. The van der Waals surface area contributed by atoms with Crippen LogP contribution < -0.4 is 4.74 Å². The van der Waals surface area contributed by atoms with Gasteiger partial charge in [-0.1, -0.05) is 0 Å². The Labute approximate surface area is 99.2 Å². The van der Waals surface area contributed by atoms with Crippen molar-refractivity contribution in [1.82, 2.24) is 4.90 Å². The smallest absolute Gasteiger partial charge is 0.125 e. The molecule has 0 radical (unpaired) electrons. The number of hydrogen-bond acceptors (Lipinski definition) is 4. The molecule has 0 amide bonds. The van der Waals surface area contributed by atoms with Crippen LogP contribution in [0.5, 0.6) is 5.75 Å². The Morgan fingerprint density at radius 1 is 1.53 bits per heavy atom. The maximum Gasteiger partial charge on any atom is 0.125 e. The van der Waals surface area contributed by atoms with Gasteiger partial charge in [0.05, 0.1) is 12.6 Å². The van der Waals surface area contributed by atoms with E-state index in [1.807, 2.05) is 0 Å². The summed E-state index contributed by atoms with van der Waals surface area (Å²) >= 11 is 0. The van der Waals surface area contributed by atoms with Crippen molar-refractivity contribution in [2.24, 2.45) is 0 Å². The lowest BCUT2D eigenvalue weighted by Gasteiger charge is -2.36. The van der Waals surface area contributed by atoms with Crippen LogP contribution >= 0.6 is 0 Å². The van der Waals surface area contributed by atoms with Crippen molar-refractivity contribution in [3.63, 3.8) is 0 Å². The predicted molar refractivity (Wildman–Crippen MR) is 60.4 cm³/mol. The summed E-state index contributed by atoms with van der Waals surface area (Å²) < 4.78 is 18.6. The zero-order chi connectivity index (χ0) is 12.4. The van der Waals surface area contributed by atoms with E-state index < -0.39 is 11.9 Å². The number of benzene rings is 1. The lowest BCUT2D eigenvalue weighted by Crippen LogP contribution is -2.44. The molecule has 0 saturated carbocycles. The van der Waals surface area contributed by atoms with Gasteiger partial charge in [-0.3, -0.25) is 4.90 Å². The summed E-state index contributed by atoms with van der Waals surface area (Å²) in [6.07, 6.45) is -0.800. The minimum atomic E-state index is -0.800. The molecule has 5 heteroatoms. The molecule has 0 saturated heterocycles. The van der Waals surface area contributed by atoms with E-state index in [2.05, 4.69) is 0 Å². The second kappa shape index (κ2) is 5.00. The molecule has 1 aliphatic heterocycles. The van der Waals surface area contributed by atoms with Crippen molar-refractivity contribution >= 4 is 0 Å². The molecule has 2 rings (SSSR count). The fraction of sp³-hybridized carbons (Fsp3) is 0.500. The first-order valence-corrected chi connectivity index (χ1v) is 5.55. The molecule has 0 fully saturated rings. The first-order valence-electron chi connectivity index (χ1n) is 5.55. The summed E-state index contributed by atoms with van der Waals surface area (Å²) in [4.78, 5) is 1.80. The summed E-state index contributed by atoms with van der Waals surface area (Å²) in [5.41, 5.74) is 0.464. The molecule has 2 unspecified atom stereocenters. The minimum Gasteiger partial charge on any atom is -0.491 e. The Balaban J connectivity index is 2.22. The van der Waals surface area contributed by atoms with Crippen LogP contribution in [-0.4, -0.2) is 48.0 Å². The highest BCUT2D eigenvalue weighted by Crippen LogP contribution is 2.34. The Bertz CT molecular complexity index is 399. The van der Waals surface area contributed by atoms with Crippen molar-refractivity contribution in [2.45, 2.75) is 12.1 Å². The van der Waals surface area contributed by atoms with E-state index in [4.69, 9.17) is 9.84 Å². The summed E-state index contributed by atoms with van der Waals surface area (Å²) in [6, 6.07) is 3.86. The highest BCUT2D eigenvalue weighted by atomic mass is 19.1. The quantitative estimate of drug-likeness (QED) is 0.811. The van der Waals surface area contributed by atoms with Gasteiger partial charge in [-0.15, -0.1) is 0 Å². The lowest BCUT2D eigenvalue weighted by molar-refractivity contribution is 0.00926. The van der Waals surface area contributed by atoms with Crippen molar-refractivity contribution < 1.29 is 19.3 Å². The third-order valence-electron chi connectivity index (χ3n) is 3.08. The molecule has 1 aliphatic rings. The zero-order valence-corrected chi connectivity index (χ0v) is 9.64. The molecular weight excluding hydrogens is 225 g/mol. The van der Waals surface area contributed by atoms with Crippen LogP contribution in [0.3, 0.4) is 0 Å². The van der Waals surface area contributed by atoms with Gasteiger partial charge in [0, 0.05) is 12.1 Å². The fourth-order valence-corrected chi connectivity index (χ4v) is 2.05. The van der Waals surface area contributed by atoms with Gasteiger partial charge in [-0.05, 0) is 25.2 Å². The van der Waals surface area contributed by atoms with Crippen LogP contribution in [0.1, 0.15) is 11.7 Å². The van der Waals surface area contributed by atoms with Crippen molar-refractivity contribution in [1.29, 1.82) is 0 Å². The topological polar surface area (TPSA) is 52.9 Å². The Morgan fingerprint density at radius 3 is 3.00 bits per heavy atom. The molecule has 0 spiro atoms. The number of ether oxygens (including phenoxy) is 1. The predicted octanol–water partition coefficient (Wildman–Crippen LogP) is 0.544. The minimum absolute atomic E-state index is 0.00965. The molecule has 1 heterocycles. The summed E-state index contributed by atoms with van der Waals surface area (Å²) in [5.74, 6) is 0.129. The molecule has 0 aromatic heterocycles. The summed E-state index contributed by atoms with van der Waals surface area (Å²) in [6.45, 7) is 0.780. The molecule has 94 valence electrons. The van der Waals surface area contributed by atoms with Gasteiger partial charge in [-0.2, -0.15) is 0 Å². The van der Waals surface area contributed by atoms with Crippen LogP contribution in [-0.2, 0) is 0 Å². The Morgan fingerprint density at radius 2 is 2.29 bits per heavy atom. The number of nitrogens with zero attached hydrogens (tertiary/aromatic N) is 1. The molecule has 0 aliphatic carbocycles. The van der Waals surface area contributed by atoms with E-state index in [1.165, 1.54) is 18.2 Å². The first kappa shape index (κ1) is 12.3. The van der Waals surface area contributed by atoms with Gasteiger partial charge in [0.15, 0.2) is 0 Å². The van der Waals surface area contributed by atoms with Gasteiger partial charge in [0.25, 0.3) is 0 Å². The average Bonchev–Trinajstić information content (AvgIpc) is 2.30. The van der Waals surface area contributed by atoms with E-state index in [1.54, 1.807) is 11.9 Å². The van der Waals surface area contributed by atoms with Crippen LogP contribution in [0.15, 0.2) is 18.2 Å². The summed E-state index contributed by atoms with van der Waals surface area (Å²) in [5, 5.41) is 19.0. The molecule has 2 N–H and O–H groups in total. The highest BCUT2D eigenvalue weighted by molar-refractivity contribution is 5.38. The van der Waals surface area contributed by atoms with E-state index in [-0.39, 0.29) is 12.6 Å². The van der Waals surface area contributed by atoms with E-state index in [9.17, 15) is 9.50 Å². The third kappa shape index (κ3) is 2.41. The van der Waals surface area contributed by atoms with Crippen LogP contribution in [0.25, 0.3) is 0 Å². The van der Waals surface area contributed by atoms with E-state index in [0.717, 1.165) is 0 Å². The number of aliphatic hydroxyl groups is 2. The average molecular weight is 241 g/mol. The van der Waals surface area contributed by atoms with E-state index in [0.29, 0.717) is 24.5 Å². The third-order valence-corrected chi connectivity index (χ3v) is 3.08. The van der Waals surface area contributed by atoms with Crippen LogP contribution in [0.2, 0.25) is 0 Å². The van der Waals surface area contributed by atoms with Crippen molar-refractivity contribution in [3.8, 4) is 5.75 Å². The van der Waals surface area contributed by atoms with Gasteiger partial charge in [0.2, 0.25) is 0 Å². The monoisotopic (exact) mass is 241 g/mol. The summed E-state index contributed by atoms with van der Waals surface area (Å²) in [7, 11) is 1.79.